The van der Waals surface area contributed by atoms with Crippen molar-refractivity contribution in [2.24, 2.45) is 0 Å². The van der Waals surface area contributed by atoms with Crippen molar-refractivity contribution in [3.05, 3.63) is 30.6 Å². The van der Waals surface area contributed by atoms with Crippen LogP contribution in [0.15, 0.2) is 15.8 Å². The van der Waals surface area contributed by atoms with Gasteiger partial charge in [-0.2, -0.15) is 4.57 Å². The topological polar surface area (TPSA) is 78.1 Å². The van der Waals surface area contributed by atoms with E-state index >= 15 is 0 Å². The van der Waals surface area contributed by atoms with Crippen LogP contribution in [0.2, 0.25) is 0 Å². The summed E-state index contributed by atoms with van der Waals surface area (Å²) < 4.78 is 1.30. The lowest BCUT2D eigenvalue weighted by Crippen LogP contribution is -2.44. The predicted octanol–water partition coefficient (Wildman–Crippen LogP) is -0.0652. The minimum absolute atomic E-state index is 0.137. The van der Waals surface area contributed by atoms with Crippen molar-refractivity contribution in [3.8, 4) is 0 Å². The van der Waals surface area contributed by atoms with Gasteiger partial charge in [-0.1, -0.05) is 0 Å². The first-order chi connectivity index (χ1) is 6.86. The molecule has 1 aromatic rings. The zero-order valence-corrected chi connectivity index (χ0v) is 10.1. The molecule has 0 atom stereocenters. The molecule has 15 heavy (non-hydrogen) atoms. The molecule has 0 aliphatic heterocycles. The fourth-order valence-electron chi connectivity index (χ4n) is 1.03. The van der Waals surface area contributed by atoms with Crippen LogP contribution >= 0.6 is 22.6 Å². The second-order valence-electron chi connectivity index (χ2n) is 2.81. The Kier molecular flexibility index (Phi) is 3.22. The molecule has 1 heterocycles. The van der Waals surface area contributed by atoms with Gasteiger partial charge in [0.25, 0.3) is 5.56 Å². The third kappa shape index (κ3) is 2.06. The summed E-state index contributed by atoms with van der Waals surface area (Å²) in [6.45, 7) is 2.26. The Bertz CT molecular complexity index is 555. The summed E-state index contributed by atoms with van der Waals surface area (Å²) in [5.74, 6) is -1.26. The number of carbonyl (C=O) groups is 2. The second-order valence-corrected chi connectivity index (χ2v) is 3.97. The van der Waals surface area contributed by atoms with Gasteiger partial charge in [0.1, 0.15) is 0 Å². The highest BCUT2D eigenvalue weighted by atomic mass is 127. The standard InChI is InChI=1S/C8H7IN2O4/c1-4(12)10-3-6(9)7(14)11(5(2)13)8(10)15/h3H,1-2H3. The minimum Gasteiger partial charge on any atom is -0.274 e. The van der Waals surface area contributed by atoms with Gasteiger partial charge < -0.3 is 0 Å². The van der Waals surface area contributed by atoms with Gasteiger partial charge in [0.2, 0.25) is 11.8 Å². The van der Waals surface area contributed by atoms with Gasteiger partial charge in [0.15, 0.2) is 0 Å². The van der Waals surface area contributed by atoms with Gasteiger partial charge in [0, 0.05) is 20.0 Å². The Hall–Kier alpha value is -1.25. The Labute approximate surface area is 97.7 Å². The van der Waals surface area contributed by atoms with E-state index in [4.69, 9.17) is 0 Å². The van der Waals surface area contributed by atoms with Crippen LogP contribution in [0.4, 0.5) is 0 Å². The Balaban J connectivity index is 3.80. The van der Waals surface area contributed by atoms with Crippen molar-refractivity contribution < 1.29 is 9.59 Å². The normalized spacial score (nSPS) is 10.1. The van der Waals surface area contributed by atoms with Gasteiger partial charge in [-0.05, 0) is 22.6 Å². The van der Waals surface area contributed by atoms with Crippen LogP contribution < -0.4 is 11.2 Å². The molecule has 0 N–H and O–H groups in total. The van der Waals surface area contributed by atoms with Gasteiger partial charge in [-0.3, -0.25) is 14.4 Å². The molecule has 0 aliphatic carbocycles. The number of aromatic nitrogens is 2. The van der Waals surface area contributed by atoms with Crippen LogP contribution in [0.3, 0.4) is 0 Å². The maximum atomic E-state index is 11.5. The van der Waals surface area contributed by atoms with Crippen molar-refractivity contribution in [1.82, 2.24) is 9.13 Å². The molecule has 0 amide bonds. The fourth-order valence-corrected chi connectivity index (χ4v) is 1.55. The molecule has 0 saturated carbocycles. The quantitative estimate of drug-likeness (QED) is 0.627. The number of nitrogens with zero attached hydrogens (tertiary/aromatic N) is 2. The number of hydrogen-bond donors (Lipinski definition) is 0. The third-order valence-corrected chi connectivity index (χ3v) is 2.44. The predicted molar refractivity (Wildman–Crippen MR) is 60.3 cm³/mol. The zero-order valence-electron chi connectivity index (χ0n) is 7.98. The lowest BCUT2D eigenvalue weighted by atomic mass is 10.5. The van der Waals surface area contributed by atoms with Gasteiger partial charge in [-0.25, -0.2) is 9.36 Å². The molecule has 1 aromatic heterocycles. The fraction of sp³-hybridized carbons (Fsp3) is 0.250. The summed E-state index contributed by atoms with van der Waals surface area (Å²) in [6.07, 6.45) is 1.12. The molecule has 80 valence electrons. The van der Waals surface area contributed by atoms with Crippen LogP contribution in [0, 0.1) is 3.57 Å². The number of rotatable bonds is 0. The molecule has 0 aromatic carbocycles. The van der Waals surface area contributed by atoms with E-state index in [-0.39, 0.29) is 3.57 Å². The molecule has 0 radical (unpaired) electrons. The monoisotopic (exact) mass is 322 g/mol. The molecule has 0 aliphatic rings. The summed E-state index contributed by atoms with van der Waals surface area (Å²) in [7, 11) is 0. The van der Waals surface area contributed by atoms with Gasteiger partial charge in [-0.15, -0.1) is 0 Å². The number of hydrogen-bond acceptors (Lipinski definition) is 4. The molecule has 0 bridgehead atoms. The Morgan fingerprint density at radius 1 is 1.20 bits per heavy atom. The van der Waals surface area contributed by atoms with E-state index in [0.29, 0.717) is 4.57 Å². The van der Waals surface area contributed by atoms with Crippen molar-refractivity contribution in [2.75, 3.05) is 0 Å². The average Bonchev–Trinajstić information content (AvgIpc) is 2.10. The van der Waals surface area contributed by atoms with Crippen molar-refractivity contribution >= 4 is 34.4 Å². The van der Waals surface area contributed by atoms with E-state index in [0.717, 1.165) is 17.7 Å². The highest BCUT2D eigenvalue weighted by molar-refractivity contribution is 14.1. The van der Waals surface area contributed by atoms with Crippen molar-refractivity contribution in [2.45, 2.75) is 13.8 Å². The first-order valence-corrected chi connectivity index (χ1v) is 5.00. The summed E-state index contributed by atoms with van der Waals surface area (Å²) in [5.41, 5.74) is -1.63. The maximum absolute atomic E-state index is 11.5. The van der Waals surface area contributed by atoms with Crippen LogP contribution in [0.25, 0.3) is 0 Å². The van der Waals surface area contributed by atoms with E-state index in [1.165, 1.54) is 6.92 Å². The maximum Gasteiger partial charge on any atom is 0.344 e. The van der Waals surface area contributed by atoms with E-state index in [2.05, 4.69) is 0 Å². The zero-order chi connectivity index (χ0) is 11.7. The van der Waals surface area contributed by atoms with E-state index in [1.54, 1.807) is 22.6 Å². The molecule has 0 saturated heterocycles. The minimum atomic E-state index is -0.930. The van der Waals surface area contributed by atoms with Crippen LogP contribution in [-0.2, 0) is 0 Å². The molecular weight excluding hydrogens is 315 g/mol. The first-order valence-electron chi connectivity index (χ1n) is 3.92. The SMILES string of the molecule is CC(=O)n1cc(I)c(=O)n(C(C)=O)c1=O. The Morgan fingerprint density at radius 2 is 1.73 bits per heavy atom. The molecule has 0 fully saturated rings. The van der Waals surface area contributed by atoms with Gasteiger partial charge >= 0.3 is 5.69 Å². The second kappa shape index (κ2) is 4.09. The smallest absolute Gasteiger partial charge is 0.274 e. The van der Waals surface area contributed by atoms with E-state index in [9.17, 15) is 19.2 Å². The molecule has 6 nitrogen and oxygen atoms in total. The van der Waals surface area contributed by atoms with Crippen LogP contribution in [0.1, 0.15) is 23.4 Å². The highest BCUT2D eigenvalue weighted by Crippen LogP contribution is 1.94. The summed E-state index contributed by atoms with van der Waals surface area (Å²) in [6, 6.07) is 0. The Morgan fingerprint density at radius 3 is 2.13 bits per heavy atom. The average molecular weight is 322 g/mol. The first kappa shape index (κ1) is 11.8. The number of halogens is 1. The third-order valence-electron chi connectivity index (χ3n) is 1.70. The summed E-state index contributed by atoms with van der Waals surface area (Å²) >= 11 is 1.66. The summed E-state index contributed by atoms with van der Waals surface area (Å²) in [5, 5.41) is 0. The molecule has 7 heteroatoms. The van der Waals surface area contributed by atoms with Gasteiger partial charge in [0.05, 0.1) is 3.57 Å². The van der Waals surface area contributed by atoms with Crippen molar-refractivity contribution in [1.29, 1.82) is 0 Å². The van der Waals surface area contributed by atoms with E-state index in [1.807, 2.05) is 0 Å². The molecule has 0 unspecified atom stereocenters. The molecular formula is C8H7IN2O4. The molecule has 1 rings (SSSR count). The molecule has 0 spiro atoms. The van der Waals surface area contributed by atoms with Crippen LogP contribution in [-0.4, -0.2) is 20.9 Å². The summed E-state index contributed by atoms with van der Waals surface area (Å²) in [4.78, 5) is 45.0. The van der Waals surface area contributed by atoms with E-state index < -0.39 is 23.1 Å². The lowest BCUT2D eigenvalue weighted by molar-refractivity contribution is 0.0906. The highest BCUT2D eigenvalue weighted by Gasteiger charge is 2.14. The van der Waals surface area contributed by atoms with Crippen molar-refractivity contribution in [3.63, 3.8) is 0 Å². The largest absolute Gasteiger partial charge is 0.344 e. The lowest BCUT2D eigenvalue weighted by Gasteiger charge is -2.04. The van der Waals surface area contributed by atoms with Crippen LogP contribution in [0.5, 0.6) is 0 Å². The number of carbonyl (C=O) groups excluding carboxylic acids is 2.